The highest BCUT2D eigenvalue weighted by Crippen LogP contribution is 2.17. The SMILES string of the molecule is Cc1nccc(C(O)Cc2ccsc2)n1. The zero-order valence-electron chi connectivity index (χ0n) is 8.42. The Kier molecular flexibility index (Phi) is 3.08. The average Bonchev–Trinajstić information content (AvgIpc) is 2.70. The quantitative estimate of drug-likeness (QED) is 0.861. The minimum Gasteiger partial charge on any atom is -0.386 e. The molecule has 0 aliphatic rings. The minimum atomic E-state index is -0.540. The third-order valence-corrected chi connectivity index (χ3v) is 2.88. The second-order valence-electron chi connectivity index (χ2n) is 3.38. The van der Waals surface area contributed by atoms with Crippen molar-refractivity contribution in [2.75, 3.05) is 0 Å². The predicted octanol–water partition coefficient (Wildman–Crippen LogP) is 2.12. The molecule has 0 aliphatic heterocycles. The Morgan fingerprint density at radius 3 is 3.00 bits per heavy atom. The fraction of sp³-hybridized carbons (Fsp3) is 0.273. The van der Waals surface area contributed by atoms with Crippen molar-refractivity contribution in [1.29, 1.82) is 0 Å². The van der Waals surface area contributed by atoms with E-state index in [9.17, 15) is 5.11 Å². The van der Waals surface area contributed by atoms with E-state index >= 15 is 0 Å². The van der Waals surface area contributed by atoms with Gasteiger partial charge >= 0.3 is 0 Å². The van der Waals surface area contributed by atoms with Gasteiger partial charge in [-0.2, -0.15) is 11.3 Å². The maximum atomic E-state index is 9.93. The van der Waals surface area contributed by atoms with Gasteiger partial charge in [-0.05, 0) is 35.4 Å². The number of nitrogens with zero attached hydrogens (tertiary/aromatic N) is 2. The van der Waals surface area contributed by atoms with Gasteiger partial charge in [0, 0.05) is 12.6 Å². The van der Waals surface area contributed by atoms with Crippen molar-refractivity contribution in [2.45, 2.75) is 19.4 Å². The lowest BCUT2D eigenvalue weighted by atomic mass is 10.1. The van der Waals surface area contributed by atoms with Gasteiger partial charge in [-0.1, -0.05) is 0 Å². The predicted molar refractivity (Wildman–Crippen MR) is 59.8 cm³/mol. The number of hydrogen-bond donors (Lipinski definition) is 1. The molecule has 1 unspecified atom stereocenters. The first kappa shape index (κ1) is 10.3. The smallest absolute Gasteiger partial charge is 0.125 e. The number of aliphatic hydroxyl groups is 1. The Hall–Kier alpha value is -1.26. The van der Waals surface area contributed by atoms with Gasteiger partial charge in [-0.15, -0.1) is 0 Å². The Morgan fingerprint density at radius 1 is 1.47 bits per heavy atom. The van der Waals surface area contributed by atoms with Crippen LogP contribution in [0.5, 0.6) is 0 Å². The first-order valence-electron chi connectivity index (χ1n) is 4.74. The zero-order valence-corrected chi connectivity index (χ0v) is 9.24. The van der Waals surface area contributed by atoms with Crippen LogP contribution in [-0.2, 0) is 6.42 Å². The highest BCUT2D eigenvalue weighted by atomic mass is 32.1. The number of aliphatic hydroxyl groups excluding tert-OH is 1. The van der Waals surface area contributed by atoms with Crippen LogP contribution in [0.1, 0.15) is 23.2 Å². The van der Waals surface area contributed by atoms with Crippen LogP contribution in [0.25, 0.3) is 0 Å². The molecule has 0 aliphatic carbocycles. The molecule has 15 heavy (non-hydrogen) atoms. The molecule has 2 aromatic rings. The lowest BCUT2D eigenvalue weighted by Gasteiger charge is -2.08. The molecule has 1 N–H and O–H groups in total. The molecule has 78 valence electrons. The summed E-state index contributed by atoms with van der Waals surface area (Å²) >= 11 is 1.64. The normalized spacial score (nSPS) is 12.7. The molecule has 3 nitrogen and oxygen atoms in total. The van der Waals surface area contributed by atoms with Gasteiger partial charge in [0.1, 0.15) is 11.9 Å². The van der Waals surface area contributed by atoms with E-state index in [4.69, 9.17) is 0 Å². The molecule has 2 rings (SSSR count). The molecule has 1 atom stereocenters. The second kappa shape index (κ2) is 4.51. The zero-order chi connectivity index (χ0) is 10.7. The van der Waals surface area contributed by atoms with Gasteiger partial charge in [0.25, 0.3) is 0 Å². The first-order chi connectivity index (χ1) is 7.25. The van der Waals surface area contributed by atoms with E-state index in [1.165, 1.54) is 0 Å². The topological polar surface area (TPSA) is 46.0 Å². The van der Waals surface area contributed by atoms with Crippen LogP contribution < -0.4 is 0 Å². The minimum absolute atomic E-state index is 0.540. The first-order valence-corrected chi connectivity index (χ1v) is 5.68. The maximum absolute atomic E-state index is 9.93. The largest absolute Gasteiger partial charge is 0.386 e. The molecule has 2 aromatic heterocycles. The maximum Gasteiger partial charge on any atom is 0.125 e. The van der Waals surface area contributed by atoms with Gasteiger partial charge in [0.05, 0.1) is 5.69 Å². The fourth-order valence-electron chi connectivity index (χ4n) is 1.40. The third kappa shape index (κ3) is 2.61. The van der Waals surface area contributed by atoms with Crippen LogP contribution in [0.15, 0.2) is 29.1 Å². The summed E-state index contributed by atoms with van der Waals surface area (Å²) in [6.45, 7) is 1.82. The standard InChI is InChI=1S/C11H12N2OS/c1-8-12-4-2-10(13-8)11(14)6-9-3-5-15-7-9/h2-5,7,11,14H,6H2,1H3. The van der Waals surface area contributed by atoms with E-state index in [0.29, 0.717) is 17.9 Å². The second-order valence-corrected chi connectivity index (χ2v) is 4.16. The molecule has 0 radical (unpaired) electrons. The van der Waals surface area contributed by atoms with E-state index in [1.54, 1.807) is 23.6 Å². The van der Waals surface area contributed by atoms with E-state index in [0.717, 1.165) is 5.56 Å². The number of rotatable bonds is 3. The van der Waals surface area contributed by atoms with Crippen molar-refractivity contribution in [3.05, 3.63) is 46.2 Å². The van der Waals surface area contributed by atoms with Gasteiger partial charge in [-0.25, -0.2) is 9.97 Å². The van der Waals surface area contributed by atoms with E-state index < -0.39 is 6.10 Å². The molecule has 0 fully saturated rings. The Balaban J connectivity index is 2.11. The van der Waals surface area contributed by atoms with Crippen LogP contribution in [-0.4, -0.2) is 15.1 Å². The summed E-state index contributed by atoms with van der Waals surface area (Å²) < 4.78 is 0. The van der Waals surface area contributed by atoms with Crippen LogP contribution in [0.3, 0.4) is 0 Å². The summed E-state index contributed by atoms with van der Waals surface area (Å²) in [5, 5.41) is 14.0. The molecule has 0 saturated carbocycles. The van der Waals surface area contributed by atoms with E-state index in [-0.39, 0.29) is 0 Å². The molecule has 0 spiro atoms. The molecular weight excluding hydrogens is 208 g/mol. The highest BCUT2D eigenvalue weighted by Gasteiger charge is 2.10. The molecule has 4 heteroatoms. The third-order valence-electron chi connectivity index (χ3n) is 2.15. The lowest BCUT2D eigenvalue weighted by Crippen LogP contribution is -2.05. The van der Waals surface area contributed by atoms with Crippen LogP contribution in [0.4, 0.5) is 0 Å². The summed E-state index contributed by atoms with van der Waals surface area (Å²) in [7, 11) is 0. The van der Waals surface area contributed by atoms with Crippen molar-refractivity contribution >= 4 is 11.3 Å². The van der Waals surface area contributed by atoms with Crippen molar-refractivity contribution in [3.63, 3.8) is 0 Å². The van der Waals surface area contributed by atoms with Crippen LogP contribution in [0, 0.1) is 6.92 Å². The summed E-state index contributed by atoms with van der Waals surface area (Å²) in [6, 6.07) is 3.77. The average molecular weight is 220 g/mol. The number of aryl methyl sites for hydroxylation is 1. The van der Waals surface area contributed by atoms with Gasteiger partial charge in [0.15, 0.2) is 0 Å². The van der Waals surface area contributed by atoms with Crippen molar-refractivity contribution in [3.8, 4) is 0 Å². The Labute approximate surface area is 92.5 Å². The molecule has 0 aromatic carbocycles. The van der Waals surface area contributed by atoms with Crippen molar-refractivity contribution < 1.29 is 5.11 Å². The van der Waals surface area contributed by atoms with Crippen molar-refractivity contribution in [2.24, 2.45) is 0 Å². The fourth-order valence-corrected chi connectivity index (χ4v) is 2.08. The van der Waals surface area contributed by atoms with Gasteiger partial charge < -0.3 is 5.11 Å². The summed E-state index contributed by atoms with van der Waals surface area (Å²) in [6.07, 6.45) is 1.75. The Bertz CT molecular complexity index is 428. The lowest BCUT2D eigenvalue weighted by molar-refractivity contribution is 0.173. The molecule has 0 bridgehead atoms. The highest BCUT2D eigenvalue weighted by molar-refractivity contribution is 7.07. The van der Waals surface area contributed by atoms with Crippen LogP contribution in [0.2, 0.25) is 0 Å². The molecule has 0 saturated heterocycles. The molecule has 2 heterocycles. The van der Waals surface area contributed by atoms with Crippen molar-refractivity contribution in [1.82, 2.24) is 9.97 Å². The van der Waals surface area contributed by atoms with Crippen LogP contribution >= 0.6 is 11.3 Å². The number of thiophene rings is 1. The van der Waals surface area contributed by atoms with E-state index in [2.05, 4.69) is 9.97 Å². The summed E-state index contributed by atoms with van der Waals surface area (Å²) in [5.41, 5.74) is 1.83. The molecular formula is C11H12N2OS. The monoisotopic (exact) mass is 220 g/mol. The number of hydrogen-bond acceptors (Lipinski definition) is 4. The number of aromatic nitrogens is 2. The summed E-state index contributed by atoms with van der Waals surface area (Å²) in [4.78, 5) is 8.20. The van der Waals surface area contributed by atoms with Gasteiger partial charge in [0.2, 0.25) is 0 Å². The molecule has 0 amide bonds. The summed E-state index contributed by atoms with van der Waals surface area (Å²) in [5.74, 6) is 0.692. The van der Waals surface area contributed by atoms with E-state index in [1.807, 2.05) is 23.8 Å². The Morgan fingerprint density at radius 2 is 2.33 bits per heavy atom. The van der Waals surface area contributed by atoms with Gasteiger partial charge in [-0.3, -0.25) is 0 Å².